The molecule has 0 spiro atoms. The maximum atomic E-state index is 11.5. The van der Waals surface area contributed by atoms with Crippen molar-refractivity contribution in [2.45, 2.75) is 33.2 Å². The minimum absolute atomic E-state index is 0.349. The lowest BCUT2D eigenvalue weighted by molar-refractivity contribution is 0.0599. The quantitative estimate of drug-likeness (QED) is 0.776. The minimum atomic E-state index is -0.349. The van der Waals surface area contributed by atoms with Crippen LogP contribution in [0.4, 0.5) is 5.82 Å². The van der Waals surface area contributed by atoms with E-state index in [4.69, 9.17) is 4.74 Å². The number of hydrogen-bond acceptors (Lipinski definition) is 5. The maximum Gasteiger partial charge on any atom is 0.339 e. The van der Waals surface area contributed by atoms with Gasteiger partial charge in [0.05, 0.1) is 18.4 Å². The number of anilines is 1. The zero-order chi connectivity index (χ0) is 15.1. The summed E-state index contributed by atoms with van der Waals surface area (Å²) in [5, 5.41) is 3.27. The molecule has 1 aromatic heterocycles. The predicted molar refractivity (Wildman–Crippen MR) is 81.2 cm³/mol. The summed E-state index contributed by atoms with van der Waals surface area (Å²) in [5.74, 6) is 0.436. The minimum Gasteiger partial charge on any atom is -0.465 e. The van der Waals surface area contributed by atoms with Gasteiger partial charge in [-0.2, -0.15) is 0 Å². The molecule has 0 aromatic carbocycles. The maximum absolute atomic E-state index is 11.5. The summed E-state index contributed by atoms with van der Waals surface area (Å²) in [6.07, 6.45) is 1.14. The first-order valence-electron chi connectivity index (χ1n) is 6.99. The van der Waals surface area contributed by atoms with E-state index in [0.717, 1.165) is 25.3 Å². The molecule has 0 radical (unpaired) electrons. The summed E-state index contributed by atoms with van der Waals surface area (Å²) in [6.45, 7) is 7.99. The molecule has 0 saturated heterocycles. The number of nitrogens with one attached hydrogen (secondary N) is 1. The fourth-order valence-electron chi connectivity index (χ4n) is 1.88. The summed E-state index contributed by atoms with van der Waals surface area (Å²) in [5.41, 5.74) is 1.19. The predicted octanol–water partition coefficient (Wildman–Crippen LogP) is 2.32. The molecule has 0 aliphatic carbocycles. The second kappa shape index (κ2) is 7.85. The first-order chi connectivity index (χ1) is 9.49. The van der Waals surface area contributed by atoms with E-state index in [9.17, 15) is 4.79 Å². The number of esters is 1. The van der Waals surface area contributed by atoms with Crippen molar-refractivity contribution in [3.8, 4) is 0 Å². The van der Waals surface area contributed by atoms with Crippen molar-refractivity contribution in [3.05, 3.63) is 23.4 Å². The molecule has 1 heterocycles. The number of pyridine rings is 1. The van der Waals surface area contributed by atoms with Gasteiger partial charge in [0.1, 0.15) is 5.82 Å². The molecule has 5 heteroatoms. The molecule has 0 aliphatic rings. The summed E-state index contributed by atoms with van der Waals surface area (Å²) >= 11 is 0. The van der Waals surface area contributed by atoms with Crippen molar-refractivity contribution >= 4 is 11.8 Å². The Kier molecular flexibility index (Phi) is 6.45. The number of rotatable bonds is 7. The molecular formula is C15H25N3O2. The molecule has 1 aromatic rings. The van der Waals surface area contributed by atoms with E-state index in [1.54, 1.807) is 6.07 Å². The molecular weight excluding hydrogens is 254 g/mol. The molecule has 0 fully saturated rings. The molecule has 20 heavy (non-hydrogen) atoms. The Balaban J connectivity index is 2.54. The van der Waals surface area contributed by atoms with Crippen molar-refractivity contribution in [1.82, 2.24) is 9.88 Å². The largest absolute Gasteiger partial charge is 0.465 e. The van der Waals surface area contributed by atoms with Gasteiger partial charge < -0.3 is 15.0 Å². The highest BCUT2D eigenvalue weighted by atomic mass is 16.5. The third kappa shape index (κ3) is 4.49. The Hall–Kier alpha value is -1.62. The van der Waals surface area contributed by atoms with Crippen LogP contribution in [0.1, 0.15) is 36.3 Å². The van der Waals surface area contributed by atoms with E-state index in [-0.39, 0.29) is 5.97 Å². The zero-order valence-electron chi connectivity index (χ0n) is 13.1. The van der Waals surface area contributed by atoms with Crippen LogP contribution in [0, 0.1) is 6.92 Å². The second-order valence-corrected chi connectivity index (χ2v) is 4.99. The lowest BCUT2D eigenvalue weighted by Crippen LogP contribution is -2.32. The Labute approximate surface area is 121 Å². The van der Waals surface area contributed by atoms with Crippen molar-refractivity contribution in [2.24, 2.45) is 0 Å². The SMILES string of the molecule is CCC(C)N(C)CCNc1ccc(C(=O)OC)c(C)n1. The lowest BCUT2D eigenvalue weighted by Gasteiger charge is -2.23. The lowest BCUT2D eigenvalue weighted by atomic mass is 10.2. The van der Waals surface area contributed by atoms with Crippen molar-refractivity contribution in [3.63, 3.8) is 0 Å². The first-order valence-corrected chi connectivity index (χ1v) is 6.99. The summed E-state index contributed by atoms with van der Waals surface area (Å²) in [6, 6.07) is 4.13. The fourth-order valence-corrected chi connectivity index (χ4v) is 1.88. The van der Waals surface area contributed by atoms with Gasteiger partial charge in [-0.1, -0.05) is 6.92 Å². The van der Waals surface area contributed by atoms with Crippen molar-refractivity contribution < 1.29 is 9.53 Å². The molecule has 1 N–H and O–H groups in total. The van der Waals surface area contributed by atoms with Crippen LogP contribution in [0.2, 0.25) is 0 Å². The molecule has 0 saturated carbocycles. The van der Waals surface area contributed by atoms with Crippen LogP contribution >= 0.6 is 0 Å². The average molecular weight is 279 g/mol. The highest BCUT2D eigenvalue weighted by Gasteiger charge is 2.11. The van der Waals surface area contributed by atoms with Gasteiger partial charge >= 0.3 is 5.97 Å². The van der Waals surface area contributed by atoms with E-state index in [1.807, 2.05) is 13.0 Å². The van der Waals surface area contributed by atoms with Crippen LogP contribution in [0.15, 0.2) is 12.1 Å². The van der Waals surface area contributed by atoms with E-state index in [2.05, 4.69) is 36.1 Å². The van der Waals surface area contributed by atoms with Gasteiger partial charge in [0, 0.05) is 19.1 Å². The smallest absolute Gasteiger partial charge is 0.339 e. The third-order valence-electron chi connectivity index (χ3n) is 3.61. The Morgan fingerprint density at radius 2 is 2.20 bits per heavy atom. The van der Waals surface area contributed by atoms with Gasteiger partial charge in [0.2, 0.25) is 0 Å². The second-order valence-electron chi connectivity index (χ2n) is 4.99. The Morgan fingerprint density at radius 3 is 2.75 bits per heavy atom. The van der Waals surface area contributed by atoms with Crippen LogP contribution in [-0.4, -0.2) is 49.1 Å². The molecule has 0 amide bonds. The zero-order valence-corrected chi connectivity index (χ0v) is 13.1. The molecule has 5 nitrogen and oxygen atoms in total. The van der Waals surface area contributed by atoms with Crippen molar-refractivity contribution in [2.75, 3.05) is 32.6 Å². The van der Waals surface area contributed by atoms with E-state index < -0.39 is 0 Å². The normalized spacial score (nSPS) is 12.3. The number of nitrogens with zero attached hydrogens (tertiary/aromatic N) is 2. The number of aromatic nitrogens is 1. The van der Waals surface area contributed by atoms with Gasteiger partial charge in [-0.3, -0.25) is 0 Å². The topological polar surface area (TPSA) is 54.5 Å². The molecule has 1 atom stereocenters. The monoisotopic (exact) mass is 279 g/mol. The number of methoxy groups -OCH3 is 1. The van der Waals surface area contributed by atoms with Gasteiger partial charge in [0.15, 0.2) is 0 Å². The fraction of sp³-hybridized carbons (Fsp3) is 0.600. The Morgan fingerprint density at radius 1 is 1.50 bits per heavy atom. The molecule has 1 rings (SSSR count). The van der Waals surface area contributed by atoms with Crippen LogP contribution < -0.4 is 5.32 Å². The highest BCUT2D eigenvalue weighted by molar-refractivity contribution is 5.90. The van der Waals surface area contributed by atoms with Gasteiger partial charge in [-0.15, -0.1) is 0 Å². The van der Waals surface area contributed by atoms with Crippen molar-refractivity contribution in [1.29, 1.82) is 0 Å². The first kappa shape index (κ1) is 16.4. The van der Waals surface area contributed by atoms with Gasteiger partial charge in [-0.25, -0.2) is 9.78 Å². The molecule has 0 aliphatic heterocycles. The molecule has 0 bridgehead atoms. The standard InChI is InChI=1S/C15H25N3O2/c1-6-11(2)18(4)10-9-16-14-8-7-13(12(3)17-14)15(19)20-5/h7-8,11H,6,9-10H2,1-5H3,(H,16,17). The van der Waals surface area contributed by atoms with Gasteiger partial charge in [0.25, 0.3) is 0 Å². The highest BCUT2D eigenvalue weighted by Crippen LogP contribution is 2.11. The van der Waals surface area contributed by atoms with E-state index in [0.29, 0.717) is 17.3 Å². The van der Waals surface area contributed by atoms with Crippen LogP contribution in [0.25, 0.3) is 0 Å². The van der Waals surface area contributed by atoms with E-state index in [1.165, 1.54) is 7.11 Å². The van der Waals surface area contributed by atoms with Crippen LogP contribution in [0.3, 0.4) is 0 Å². The number of ether oxygens (including phenoxy) is 1. The Bertz CT molecular complexity index is 449. The van der Waals surface area contributed by atoms with Crippen LogP contribution in [-0.2, 0) is 4.74 Å². The molecule has 1 unspecified atom stereocenters. The number of carbonyl (C=O) groups is 1. The summed E-state index contributed by atoms with van der Waals surface area (Å²) < 4.78 is 4.70. The van der Waals surface area contributed by atoms with Gasteiger partial charge in [-0.05, 0) is 39.4 Å². The van der Waals surface area contributed by atoms with Crippen LogP contribution in [0.5, 0.6) is 0 Å². The number of hydrogen-bond donors (Lipinski definition) is 1. The summed E-state index contributed by atoms with van der Waals surface area (Å²) in [4.78, 5) is 18.1. The average Bonchev–Trinajstić information content (AvgIpc) is 2.45. The third-order valence-corrected chi connectivity index (χ3v) is 3.61. The van der Waals surface area contributed by atoms with E-state index >= 15 is 0 Å². The number of aryl methyl sites for hydroxylation is 1. The molecule has 112 valence electrons. The number of likely N-dealkylation sites (N-methyl/N-ethyl adjacent to an activating group) is 1. The number of carbonyl (C=O) groups excluding carboxylic acids is 1. The summed E-state index contributed by atoms with van der Waals surface area (Å²) in [7, 11) is 3.49.